The van der Waals surface area contributed by atoms with Crippen molar-refractivity contribution in [1.82, 2.24) is 0 Å². The maximum Gasteiger partial charge on any atom is 0.418 e. The highest BCUT2D eigenvalue weighted by Gasteiger charge is 2.46. The number of thioether (sulfide) groups is 1. The Morgan fingerprint density at radius 3 is 2.35 bits per heavy atom. The van der Waals surface area contributed by atoms with Gasteiger partial charge in [0.2, 0.25) is 0 Å². The van der Waals surface area contributed by atoms with Gasteiger partial charge in [-0.15, -0.1) is 0 Å². The number of Topliss-reactive ketones (excluding diaryl/α,β-unsaturated/α-hetero) is 1. The van der Waals surface area contributed by atoms with Gasteiger partial charge in [-0.05, 0) is 65.6 Å². The Kier molecular flexibility index (Phi) is 8.24. The fraction of sp³-hybridized carbons (Fsp3) is 0.314. The van der Waals surface area contributed by atoms with Crippen molar-refractivity contribution in [3.8, 4) is 6.07 Å². The van der Waals surface area contributed by atoms with E-state index in [4.69, 9.17) is 5.73 Å². The number of carbonyl (C=O) groups excluding carboxylic acids is 1. The molecule has 1 aliphatic heterocycles. The molecule has 222 valence electrons. The van der Waals surface area contributed by atoms with E-state index in [-0.39, 0.29) is 29.3 Å². The van der Waals surface area contributed by atoms with Gasteiger partial charge in [0.15, 0.2) is 5.78 Å². The monoisotopic (exact) mass is 601 g/mol. The SMILES string of the molecule is Cc1cc(C)c(C2C(C#N)=C(N)N(c3ccccc3C(F)(F)F)C3=C2C(=O)CC(C)(C)C3)cc1CSCc1ccccc1. The number of alkyl halides is 3. The number of nitrogens with zero attached hydrogens (tertiary/aromatic N) is 2. The molecule has 1 aliphatic carbocycles. The van der Waals surface area contributed by atoms with Crippen molar-refractivity contribution < 1.29 is 18.0 Å². The molecule has 0 radical (unpaired) electrons. The van der Waals surface area contributed by atoms with Crippen molar-refractivity contribution in [2.24, 2.45) is 11.1 Å². The molecular weight excluding hydrogens is 567 g/mol. The summed E-state index contributed by atoms with van der Waals surface area (Å²) in [6.07, 6.45) is -4.10. The zero-order chi connectivity index (χ0) is 31.1. The number of para-hydroxylation sites is 1. The summed E-state index contributed by atoms with van der Waals surface area (Å²) >= 11 is 1.77. The highest BCUT2D eigenvalue weighted by molar-refractivity contribution is 7.97. The summed E-state index contributed by atoms with van der Waals surface area (Å²) < 4.78 is 42.6. The summed E-state index contributed by atoms with van der Waals surface area (Å²) in [5, 5.41) is 10.5. The van der Waals surface area contributed by atoms with Crippen LogP contribution in [0, 0.1) is 30.6 Å². The maximum absolute atomic E-state index is 14.2. The Labute approximate surface area is 255 Å². The van der Waals surface area contributed by atoms with Crippen LogP contribution in [0.2, 0.25) is 0 Å². The number of carbonyl (C=O) groups is 1. The van der Waals surface area contributed by atoms with E-state index in [1.165, 1.54) is 28.7 Å². The number of nitriles is 1. The van der Waals surface area contributed by atoms with Crippen LogP contribution in [0.25, 0.3) is 0 Å². The Hall–Kier alpha value is -3.96. The summed E-state index contributed by atoms with van der Waals surface area (Å²) in [5.74, 6) is 0.537. The van der Waals surface area contributed by atoms with Gasteiger partial charge in [0, 0.05) is 29.2 Å². The summed E-state index contributed by atoms with van der Waals surface area (Å²) in [6.45, 7) is 7.84. The molecule has 1 unspecified atom stereocenters. The predicted molar refractivity (Wildman–Crippen MR) is 166 cm³/mol. The number of hydrogen-bond donors (Lipinski definition) is 1. The summed E-state index contributed by atoms with van der Waals surface area (Å²) in [6, 6.07) is 21.7. The molecular formula is C35H34F3N3OS. The van der Waals surface area contributed by atoms with Gasteiger partial charge in [-0.25, -0.2) is 0 Å². The highest BCUT2D eigenvalue weighted by atomic mass is 32.2. The van der Waals surface area contributed by atoms with Gasteiger partial charge < -0.3 is 5.73 Å². The third-order valence-electron chi connectivity index (χ3n) is 8.24. The predicted octanol–water partition coefficient (Wildman–Crippen LogP) is 8.70. The first-order valence-corrected chi connectivity index (χ1v) is 15.3. The van der Waals surface area contributed by atoms with Gasteiger partial charge in [0.25, 0.3) is 0 Å². The number of hydrogen-bond acceptors (Lipinski definition) is 5. The summed E-state index contributed by atoms with van der Waals surface area (Å²) in [7, 11) is 0. The number of benzene rings is 3. The van der Waals surface area contributed by atoms with E-state index in [9.17, 15) is 23.2 Å². The van der Waals surface area contributed by atoms with Gasteiger partial charge in [-0.3, -0.25) is 9.69 Å². The second-order valence-corrected chi connectivity index (χ2v) is 13.1. The molecule has 1 atom stereocenters. The Bertz CT molecular complexity index is 1680. The lowest BCUT2D eigenvalue weighted by Gasteiger charge is -2.44. The lowest BCUT2D eigenvalue weighted by molar-refractivity contribution is -0.137. The van der Waals surface area contributed by atoms with Gasteiger partial charge >= 0.3 is 6.18 Å². The van der Waals surface area contributed by atoms with Crippen LogP contribution in [0.3, 0.4) is 0 Å². The molecule has 0 saturated heterocycles. The number of anilines is 1. The van der Waals surface area contributed by atoms with E-state index in [1.807, 2.05) is 45.9 Å². The average Bonchev–Trinajstić information content (AvgIpc) is 2.93. The number of rotatable bonds is 6. The molecule has 0 spiro atoms. The number of aryl methyl sites for hydroxylation is 2. The minimum absolute atomic E-state index is 0.0755. The van der Waals surface area contributed by atoms with Crippen LogP contribution in [0.1, 0.15) is 66.0 Å². The molecule has 3 aromatic carbocycles. The quantitative estimate of drug-likeness (QED) is 0.306. The van der Waals surface area contributed by atoms with Crippen molar-refractivity contribution in [2.45, 2.75) is 64.1 Å². The van der Waals surface area contributed by atoms with E-state index in [0.29, 0.717) is 17.7 Å². The molecule has 0 amide bonds. The first-order chi connectivity index (χ1) is 20.3. The van der Waals surface area contributed by atoms with Crippen molar-refractivity contribution >= 4 is 23.2 Å². The van der Waals surface area contributed by atoms with E-state index >= 15 is 0 Å². The summed E-state index contributed by atoms with van der Waals surface area (Å²) in [5.41, 5.74) is 11.1. The van der Waals surface area contributed by atoms with Gasteiger partial charge in [-0.1, -0.05) is 68.4 Å². The third-order valence-corrected chi connectivity index (χ3v) is 9.29. The highest BCUT2D eigenvalue weighted by Crippen LogP contribution is 2.52. The molecule has 0 aromatic heterocycles. The fourth-order valence-electron chi connectivity index (χ4n) is 6.24. The molecule has 0 saturated carbocycles. The lowest BCUT2D eigenvalue weighted by Crippen LogP contribution is -2.42. The van der Waals surface area contributed by atoms with Crippen LogP contribution in [-0.2, 0) is 22.5 Å². The van der Waals surface area contributed by atoms with Crippen LogP contribution >= 0.6 is 11.8 Å². The molecule has 1 heterocycles. The maximum atomic E-state index is 14.2. The van der Waals surface area contributed by atoms with Crippen molar-refractivity contribution in [3.05, 3.63) is 123 Å². The Morgan fingerprint density at radius 2 is 1.67 bits per heavy atom. The fourth-order valence-corrected chi connectivity index (χ4v) is 7.30. The largest absolute Gasteiger partial charge is 0.418 e. The van der Waals surface area contributed by atoms with E-state index in [2.05, 4.69) is 30.3 Å². The van der Waals surface area contributed by atoms with Crippen LogP contribution < -0.4 is 10.6 Å². The second-order valence-electron chi connectivity index (χ2n) is 12.1. The number of nitrogens with two attached hydrogens (primary N) is 1. The number of allylic oxidation sites excluding steroid dienone is 3. The molecule has 0 bridgehead atoms. The van der Waals surface area contributed by atoms with Crippen molar-refractivity contribution in [3.63, 3.8) is 0 Å². The minimum atomic E-state index is -4.66. The minimum Gasteiger partial charge on any atom is -0.384 e. The molecule has 8 heteroatoms. The third kappa shape index (κ3) is 5.96. The van der Waals surface area contributed by atoms with Gasteiger partial charge in [-0.2, -0.15) is 30.2 Å². The zero-order valence-electron chi connectivity index (χ0n) is 24.7. The second kappa shape index (κ2) is 11.6. The van der Waals surface area contributed by atoms with Crippen LogP contribution in [0.15, 0.2) is 89.4 Å². The van der Waals surface area contributed by atoms with Crippen LogP contribution in [0.4, 0.5) is 18.9 Å². The first-order valence-electron chi connectivity index (χ1n) is 14.2. The zero-order valence-corrected chi connectivity index (χ0v) is 25.5. The first kappa shape index (κ1) is 30.5. The lowest BCUT2D eigenvalue weighted by atomic mass is 9.68. The smallest absolute Gasteiger partial charge is 0.384 e. The number of ketones is 1. The van der Waals surface area contributed by atoms with Gasteiger partial charge in [0.1, 0.15) is 5.82 Å². The normalized spacial score (nSPS) is 18.5. The van der Waals surface area contributed by atoms with Crippen molar-refractivity contribution in [1.29, 1.82) is 5.26 Å². The van der Waals surface area contributed by atoms with Crippen LogP contribution in [-0.4, -0.2) is 5.78 Å². The molecule has 2 N–H and O–H groups in total. The topological polar surface area (TPSA) is 70.1 Å². The van der Waals surface area contributed by atoms with Crippen molar-refractivity contribution in [2.75, 3.05) is 4.90 Å². The Balaban J connectivity index is 1.66. The molecule has 43 heavy (non-hydrogen) atoms. The molecule has 4 nitrogen and oxygen atoms in total. The number of halogens is 3. The average molecular weight is 602 g/mol. The standard InChI is InChI=1S/C35H34F3N3OS/c1-21-14-22(2)25(15-24(21)20-43-19-23-10-6-5-7-11-23)31-26(18-39)33(40)41(28-13-9-8-12-27(28)35(36,37)38)29-16-34(3,4)17-30(42)32(29)31/h5-15,31H,16-17,19-20,40H2,1-4H3. The summed E-state index contributed by atoms with van der Waals surface area (Å²) in [4.78, 5) is 15.3. The molecule has 5 rings (SSSR count). The van der Waals surface area contributed by atoms with E-state index in [1.54, 1.807) is 11.8 Å². The van der Waals surface area contributed by atoms with Crippen LogP contribution in [0.5, 0.6) is 0 Å². The molecule has 0 fully saturated rings. The van der Waals surface area contributed by atoms with Gasteiger partial charge in [0.05, 0.1) is 28.8 Å². The van der Waals surface area contributed by atoms with E-state index in [0.717, 1.165) is 39.8 Å². The molecule has 2 aliphatic rings. The van der Waals surface area contributed by atoms with E-state index < -0.39 is 23.1 Å². The Morgan fingerprint density at radius 1 is 1.00 bits per heavy atom. The molecule has 3 aromatic rings.